The van der Waals surface area contributed by atoms with Gasteiger partial charge in [0.2, 0.25) is 0 Å². The highest BCUT2D eigenvalue weighted by atomic mass is 28.4. The molecule has 0 unspecified atom stereocenters. The molecule has 0 aliphatic carbocycles. The van der Waals surface area contributed by atoms with Crippen molar-refractivity contribution in [3.63, 3.8) is 0 Å². The fourth-order valence-electron chi connectivity index (χ4n) is 0.457. The summed E-state index contributed by atoms with van der Waals surface area (Å²) in [5, 5.41) is 0. The first kappa shape index (κ1) is 7.29. The Morgan fingerprint density at radius 2 is 2.10 bits per heavy atom. The van der Waals surface area contributed by atoms with Gasteiger partial charge in [0.15, 0.2) is 0 Å². The Kier molecular flexibility index (Phi) is 1.77. The van der Waals surface area contributed by atoms with E-state index in [0.717, 1.165) is 0 Å². The fraction of sp³-hybridized carbons (Fsp3) is 0. The molecule has 3 N–H and O–H groups in total. The molecule has 10 heavy (non-hydrogen) atoms. The van der Waals surface area contributed by atoms with Crippen LogP contribution < -0.4 is 4.43 Å². The van der Waals surface area contributed by atoms with Crippen LogP contribution in [0.3, 0.4) is 0 Å². The fourth-order valence-corrected chi connectivity index (χ4v) is 0.843. The summed E-state index contributed by atoms with van der Waals surface area (Å²) < 4.78 is 8.72. The Balaban J connectivity index is 2.57. The first-order valence-electron chi connectivity index (χ1n) is 2.47. The van der Waals surface area contributed by atoms with Gasteiger partial charge in [-0.2, -0.15) is 0 Å². The van der Waals surface area contributed by atoms with Gasteiger partial charge in [0.05, 0.1) is 6.26 Å². The lowest BCUT2D eigenvalue weighted by molar-refractivity contribution is 0.113. The van der Waals surface area contributed by atoms with Crippen molar-refractivity contribution >= 4 is 9.05 Å². The highest BCUT2D eigenvalue weighted by Crippen LogP contribution is 2.11. The molecule has 0 aromatic carbocycles. The van der Waals surface area contributed by atoms with E-state index in [2.05, 4.69) is 8.84 Å². The molecule has 56 valence electrons. The van der Waals surface area contributed by atoms with Gasteiger partial charge in [-0.15, -0.1) is 0 Å². The van der Waals surface area contributed by atoms with Gasteiger partial charge in [-0.3, -0.25) is 0 Å². The number of hydrogen-bond donors (Lipinski definition) is 3. The van der Waals surface area contributed by atoms with Gasteiger partial charge in [-0.05, 0) is 6.07 Å². The summed E-state index contributed by atoms with van der Waals surface area (Å²) in [7, 11) is -4.46. The Morgan fingerprint density at radius 1 is 1.40 bits per heavy atom. The van der Waals surface area contributed by atoms with E-state index in [9.17, 15) is 0 Å². The SMILES string of the molecule is O[Si](O)(O)Oc1ccco1. The van der Waals surface area contributed by atoms with Crippen molar-refractivity contribution in [1.29, 1.82) is 0 Å². The predicted octanol–water partition coefficient (Wildman–Crippen LogP) is -0.929. The molecule has 0 amide bonds. The van der Waals surface area contributed by atoms with Crippen molar-refractivity contribution in [2.45, 2.75) is 0 Å². The van der Waals surface area contributed by atoms with Crippen LogP contribution in [0.1, 0.15) is 0 Å². The summed E-state index contributed by atoms with van der Waals surface area (Å²) in [6.07, 6.45) is 1.29. The molecular weight excluding hydrogens is 156 g/mol. The van der Waals surface area contributed by atoms with Crippen LogP contribution >= 0.6 is 0 Å². The zero-order valence-electron chi connectivity index (χ0n) is 4.89. The van der Waals surface area contributed by atoms with E-state index in [1.165, 1.54) is 18.4 Å². The largest absolute Gasteiger partial charge is 0.743 e. The second-order valence-electron chi connectivity index (χ2n) is 1.61. The molecule has 6 heteroatoms. The van der Waals surface area contributed by atoms with Crippen LogP contribution in [-0.4, -0.2) is 23.4 Å². The summed E-state index contributed by atoms with van der Waals surface area (Å²) in [6.45, 7) is 0. The Bertz CT molecular complexity index is 188. The average Bonchev–Trinajstić information content (AvgIpc) is 2.12. The zero-order chi connectivity index (χ0) is 7.61. The Labute approximate surface area is 57.6 Å². The quantitative estimate of drug-likeness (QED) is 0.489. The van der Waals surface area contributed by atoms with E-state index < -0.39 is 9.05 Å². The molecular formula is C4H6O5Si. The highest BCUT2D eigenvalue weighted by Gasteiger charge is 2.34. The molecule has 0 atom stereocenters. The van der Waals surface area contributed by atoms with Crippen LogP contribution in [0.25, 0.3) is 0 Å². The first-order valence-corrected chi connectivity index (χ1v) is 4.22. The summed E-state index contributed by atoms with van der Waals surface area (Å²) in [4.78, 5) is 25.1. The highest BCUT2D eigenvalue weighted by molar-refractivity contribution is 6.49. The summed E-state index contributed by atoms with van der Waals surface area (Å²) in [5.41, 5.74) is 0. The van der Waals surface area contributed by atoms with Crippen molar-refractivity contribution in [3.05, 3.63) is 18.4 Å². The lowest BCUT2D eigenvalue weighted by Crippen LogP contribution is -2.42. The number of hydrogen-bond acceptors (Lipinski definition) is 5. The van der Waals surface area contributed by atoms with Crippen LogP contribution in [0.15, 0.2) is 22.8 Å². The third-order valence-corrected chi connectivity index (χ3v) is 1.21. The predicted molar refractivity (Wildman–Crippen MR) is 31.7 cm³/mol. The van der Waals surface area contributed by atoms with Gasteiger partial charge in [-0.25, -0.2) is 0 Å². The maximum Gasteiger partial charge on any atom is 0.743 e. The number of rotatable bonds is 2. The molecule has 0 aliphatic heterocycles. The smallest absolute Gasteiger partial charge is 0.452 e. The van der Waals surface area contributed by atoms with E-state index >= 15 is 0 Å². The molecule has 1 heterocycles. The minimum atomic E-state index is -4.46. The van der Waals surface area contributed by atoms with Crippen LogP contribution in [0.5, 0.6) is 5.95 Å². The molecule has 0 radical (unpaired) electrons. The van der Waals surface area contributed by atoms with E-state index in [4.69, 9.17) is 14.4 Å². The van der Waals surface area contributed by atoms with Crippen molar-refractivity contribution in [1.82, 2.24) is 0 Å². The molecule has 0 saturated carbocycles. The van der Waals surface area contributed by atoms with Gasteiger partial charge in [0, 0.05) is 6.07 Å². The van der Waals surface area contributed by atoms with Gasteiger partial charge in [0.1, 0.15) is 0 Å². The van der Waals surface area contributed by atoms with Crippen molar-refractivity contribution in [2.24, 2.45) is 0 Å². The lowest BCUT2D eigenvalue weighted by atomic mass is 10.7. The van der Waals surface area contributed by atoms with E-state index in [1.807, 2.05) is 0 Å². The van der Waals surface area contributed by atoms with E-state index in [1.54, 1.807) is 0 Å². The monoisotopic (exact) mass is 162 g/mol. The molecule has 0 spiro atoms. The van der Waals surface area contributed by atoms with Crippen molar-refractivity contribution in [2.75, 3.05) is 0 Å². The Morgan fingerprint density at radius 3 is 2.50 bits per heavy atom. The molecule has 1 aromatic rings. The van der Waals surface area contributed by atoms with Crippen LogP contribution in [0, 0.1) is 0 Å². The first-order chi connectivity index (χ1) is 4.58. The molecule has 5 nitrogen and oxygen atoms in total. The second-order valence-corrected chi connectivity index (χ2v) is 2.96. The standard InChI is InChI=1S/C4H6O5Si/c5-10(6,7)9-4-2-1-3-8-4/h1-3,5-7H. The normalized spacial score (nSPS) is 11.5. The van der Waals surface area contributed by atoms with Gasteiger partial charge < -0.3 is 23.2 Å². The summed E-state index contributed by atoms with van der Waals surface area (Å²) in [5.74, 6) is -0.112. The van der Waals surface area contributed by atoms with Gasteiger partial charge in [-0.1, -0.05) is 0 Å². The van der Waals surface area contributed by atoms with Gasteiger partial charge >= 0.3 is 9.05 Å². The molecule has 0 aliphatic rings. The second kappa shape index (κ2) is 2.43. The molecule has 1 aromatic heterocycles. The molecule has 1 rings (SSSR count). The third kappa shape index (κ3) is 2.19. The van der Waals surface area contributed by atoms with Crippen LogP contribution in [0.2, 0.25) is 0 Å². The van der Waals surface area contributed by atoms with E-state index in [0.29, 0.717) is 0 Å². The zero-order valence-corrected chi connectivity index (χ0v) is 5.89. The minimum absolute atomic E-state index is 0.112. The average molecular weight is 162 g/mol. The maximum absolute atomic E-state index is 8.36. The third-order valence-electron chi connectivity index (χ3n) is 0.733. The van der Waals surface area contributed by atoms with E-state index in [-0.39, 0.29) is 5.95 Å². The molecule has 0 fully saturated rings. The molecule has 0 bridgehead atoms. The van der Waals surface area contributed by atoms with Gasteiger partial charge in [0.25, 0.3) is 5.95 Å². The lowest BCUT2D eigenvalue weighted by Gasteiger charge is -2.06. The van der Waals surface area contributed by atoms with Crippen molar-refractivity contribution < 1.29 is 23.2 Å². The van der Waals surface area contributed by atoms with Crippen LogP contribution in [0.4, 0.5) is 0 Å². The summed E-state index contributed by atoms with van der Waals surface area (Å²) >= 11 is 0. The van der Waals surface area contributed by atoms with Crippen molar-refractivity contribution in [3.8, 4) is 5.95 Å². The summed E-state index contributed by atoms with van der Waals surface area (Å²) in [6, 6.07) is 2.85. The number of furan rings is 1. The minimum Gasteiger partial charge on any atom is -0.452 e. The van der Waals surface area contributed by atoms with Crippen LogP contribution in [-0.2, 0) is 0 Å². The topological polar surface area (TPSA) is 83.1 Å². The molecule has 0 saturated heterocycles. The maximum atomic E-state index is 8.36. The Hall–Kier alpha value is -0.823.